The van der Waals surface area contributed by atoms with Gasteiger partial charge in [0.15, 0.2) is 0 Å². The van der Waals surface area contributed by atoms with Crippen LogP contribution in [0, 0.1) is 0 Å². The highest BCUT2D eigenvalue weighted by Crippen LogP contribution is 2.08. The Bertz CT molecular complexity index is 192. The van der Waals surface area contributed by atoms with Crippen LogP contribution < -0.4 is 5.73 Å². The van der Waals surface area contributed by atoms with E-state index in [4.69, 9.17) is 5.73 Å². The maximum atomic E-state index is 10.7. The lowest BCUT2D eigenvalue weighted by atomic mass is 10.1. The summed E-state index contributed by atoms with van der Waals surface area (Å²) in [4.78, 5) is 10.7. The molecule has 0 aliphatic rings. The van der Waals surface area contributed by atoms with Crippen molar-refractivity contribution in [1.29, 1.82) is 0 Å². The fourth-order valence-electron chi connectivity index (χ4n) is 0.831. The Hall–Kier alpha value is -1.05. The summed E-state index contributed by atoms with van der Waals surface area (Å²) in [6.45, 7) is 7.57. The molecule has 0 aliphatic heterocycles. The summed E-state index contributed by atoms with van der Waals surface area (Å²) in [5, 5.41) is 0. The van der Waals surface area contributed by atoms with Crippen LogP contribution in [-0.4, -0.2) is 5.91 Å². The number of hydrogen-bond donors (Lipinski definition) is 1. The largest absolute Gasteiger partial charge is 0.366 e. The van der Waals surface area contributed by atoms with E-state index in [-0.39, 0.29) is 5.91 Å². The minimum Gasteiger partial charge on any atom is -0.366 e. The molecule has 0 aromatic heterocycles. The normalized spacial score (nSPS) is 11.3. The molecule has 1 amide bonds. The van der Waals surface area contributed by atoms with Crippen molar-refractivity contribution in [2.75, 3.05) is 0 Å². The zero-order valence-electron chi connectivity index (χ0n) is 7.18. The molecule has 0 fully saturated rings. The summed E-state index contributed by atoms with van der Waals surface area (Å²) in [7, 11) is 0. The zero-order chi connectivity index (χ0) is 8.85. The fraction of sp³-hybridized carbons (Fsp3) is 0.444. The predicted molar refractivity (Wildman–Crippen MR) is 47.0 cm³/mol. The average Bonchev–Trinajstić information content (AvgIpc) is 1.86. The van der Waals surface area contributed by atoms with E-state index in [1.807, 2.05) is 19.9 Å². The fourth-order valence-corrected chi connectivity index (χ4v) is 0.831. The molecule has 0 heterocycles. The Kier molecular flexibility index (Phi) is 4.27. The number of amides is 1. The molecule has 2 heteroatoms. The molecule has 11 heavy (non-hydrogen) atoms. The first-order valence-corrected chi connectivity index (χ1v) is 3.71. The van der Waals surface area contributed by atoms with Crippen LogP contribution in [0.5, 0.6) is 0 Å². The molecule has 0 spiro atoms. The Morgan fingerprint density at radius 1 is 1.64 bits per heavy atom. The smallest absolute Gasteiger partial charge is 0.244 e. The van der Waals surface area contributed by atoms with E-state index in [1.54, 1.807) is 0 Å². The number of allylic oxidation sites excluding steroid dienone is 2. The molecule has 0 aliphatic carbocycles. The standard InChI is InChI=1S/C9H15NO/c1-4-5-8(9(10)11)6-7(2)3/h5H,2,4,6H2,1,3H3,(H2,10,11)/b8-5-. The molecule has 62 valence electrons. The molecule has 0 aromatic rings. The first kappa shape index (κ1) is 9.95. The summed E-state index contributed by atoms with van der Waals surface area (Å²) in [5.74, 6) is -0.338. The number of carbonyl (C=O) groups excluding carboxylic acids is 1. The Morgan fingerprint density at radius 3 is 2.45 bits per heavy atom. The molecule has 0 bridgehead atoms. The summed E-state index contributed by atoms with van der Waals surface area (Å²) >= 11 is 0. The SMILES string of the molecule is C=C(C)C/C(=C/CC)C(N)=O. The zero-order valence-corrected chi connectivity index (χ0v) is 7.18. The average molecular weight is 153 g/mol. The van der Waals surface area contributed by atoms with Crippen LogP contribution in [0.25, 0.3) is 0 Å². The number of primary amides is 1. The maximum absolute atomic E-state index is 10.7. The Balaban J connectivity index is 4.23. The Labute approximate surface area is 67.8 Å². The maximum Gasteiger partial charge on any atom is 0.244 e. The molecular formula is C9H15NO. The van der Waals surface area contributed by atoms with E-state index in [2.05, 4.69) is 6.58 Å². The van der Waals surface area contributed by atoms with E-state index in [9.17, 15) is 4.79 Å². The van der Waals surface area contributed by atoms with Crippen molar-refractivity contribution in [2.45, 2.75) is 26.7 Å². The van der Waals surface area contributed by atoms with Gasteiger partial charge in [0, 0.05) is 5.57 Å². The molecule has 0 rings (SSSR count). The van der Waals surface area contributed by atoms with Crippen LogP contribution in [0.1, 0.15) is 26.7 Å². The first-order chi connectivity index (χ1) is 5.07. The number of carbonyl (C=O) groups is 1. The van der Waals surface area contributed by atoms with Gasteiger partial charge in [-0.25, -0.2) is 0 Å². The van der Waals surface area contributed by atoms with Crippen molar-refractivity contribution in [2.24, 2.45) is 5.73 Å². The van der Waals surface area contributed by atoms with Gasteiger partial charge in [0.2, 0.25) is 5.91 Å². The quantitative estimate of drug-likeness (QED) is 0.485. The van der Waals surface area contributed by atoms with E-state index >= 15 is 0 Å². The van der Waals surface area contributed by atoms with Gasteiger partial charge in [-0.2, -0.15) is 0 Å². The molecule has 0 aromatic carbocycles. The summed E-state index contributed by atoms with van der Waals surface area (Å²) in [6, 6.07) is 0. The van der Waals surface area contributed by atoms with Crippen LogP contribution >= 0.6 is 0 Å². The third-order valence-electron chi connectivity index (χ3n) is 1.26. The van der Waals surface area contributed by atoms with Crippen molar-refractivity contribution < 1.29 is 4.79 Å². The second kappa shape index (κ2) is 4.72. The molecule has 0 saturated heterocycles. The van der Waals surface area contributed by atoms with Crippen molar-refractivity contribution in [1.82, 2.24) is 0 Å². The van der Waals surface area contributed by atoms with Crippen molar-refractivity contribution in [3.05, 3.63) is 23.8 Å². The third-order valence-corrected chi connectivity index (χ3v) is 1.26. The van der Waals surface area contributed by atoms with Crippen molar-refractivity contribution in [3.8, 4) is 0 Å². The Morgan fingerprint density at radius 2 is 2.18 bits per heavy atom. The van der Waals surface area contributed by atoms with Gasteiger partial charge in [0.05, 0.1) is 0 Å². The molecule has 2 N–H and O–H groups in total. The lowest BCUT2D eigenvalue weighted by Gasteiger charge is -2.00. The lowest BCUT2D eigenvalue weighted by molar-refractivity contribution is -0.114. The monoisotopic (exact) mass is 153 g/mol. The predicted octanol–water partition coefficient (Wildman–Crippen LogP) is 1.77. The molecule has 2 nitrogen and oxygen atoms in total. The molecule has 0 atom stereocenters. The number of nitrogens with two attached hydrogens (primary N) is 1. The van der Waals surface area contributed by atoms with Crippen molar-refractivity contribution >= 4 is 5.91 Å². The van der Waals surface area contributed by atoms with Crippen LogP contribution in [0.4, 0.5) is 0 Å². The van der Waals surface area contributed by atoms with Crippen LogP contribution in [0.3, 0.4) is 0 Å². The summed E-state index contributed by atoms with van der Waals surface area (Å²) in [5.41, 5.74) is 6.75. The highest BCUT2D eigenvalue weighted by atomic mass is 16.1. The van der Waals surface area contributed by atoms with E-state index in [1.165, 1.54) is 0 Å². The van der Waals surface area contributed by atoms with Gasteiger partial charge in [0.1, 0.15) is 0 Å². The van der Waals surface area contributed by atoms with Gasteiger partial charge in [-0.1, -0.05) is 25.2 Å². The molecular weight excluding hydrogens is 138 g/mol. The minimum atomic E-state index is -0.338. The van der Waals surface area contributed by atoms with Crippen LogP contribution in [0.15, 0.2) is 23.8 Å². The first-order valence-electron chi connectivity index (χ1n) is 3.71. The van der Waals surface area contributed by atoms with Gasteiger partial charge < -0.3 is 5.73 Å². The van der Waals surface area contributed by atoms with Gasteiger partial charge >= 0.3 is 0 Å². The van der Waals surface area contributed by atoms with Gasteiger partial charge in [-0.15, -0.1) is 0 Å². The van der Waals surface area contributed by atoms with E-state index < -0.39 is 0 Å². The van der Waals surface area contributed by atoms with Crippen LogP contribution in [0.2, 0.25) is 0 Å². The second-order valence-corrected chi connectivity index (χ2v) is 2.64. The summed E-state index contributed by atoms with van der Waals surface area (Å²) in [6.07, 6.45) is 3.28. The molecule has 0 saturated carbocycles. The minimum absolute atomic E-state index is 0.338. The topological polar surface area (TPSA) is 43.1 Å². The molecule has 0 unspecified atom stereocenters. The third kappa shape index (κ3) is 4.37. The van der Waals surface area contributed by atoms with Gasteiger partial charge in [-0.3, -0.25) is 4.79 Å². The highest BCUT2D eigenvalue weighted by molar-refractivity contribution is 5.92. The second-order valence-electron chi connectivity index (χ2n) is 2.64. The number of hydrogen-bond acceptors (Lipinski definition) is 1. The molecule has 0 radical (unpaired) electrons. The number of rotatable bonds is 4. The van der Waals surface area contributed by atoms with Crippen LogP contribution in [-0.2, 0) is 4.79 Å². The van der Waals surface area contributed by atoms with Gasteiger partial charge in [0.25, 0.3) is 0 Å². The van der Waals surface area contributed by atoms with Crippen molar-refractivity contribution in [3.63, 3.8) is 0 Å². The van der Waals surface area contributed by atoms with E-state index in [0.29, 0.717) is 12.0 Å². The van der Waals surface area contributed by atoms with E-state index in [0.717, 1.165) is 12.0 Å². The summed E-state index contributed by atoms with van der Waals surface area (Å²) < 4.78 is 0. The van der Waals surface area contributed by atoms with Gasteiger partial charge in [-0.05, 0) is 19.8 Å². The lowest BCUT2D eigenvalue weighted by Crippen LogP contribution is -2.14. The highest BCUT2D eigenvalue weighted by Gasteiger charge is 2.02.